The van der Waals surface area contributed by atoms with Crippen molar-refractivity contribution in [2.75, 3.05) is 18.9 Å². The monoisotopic (exact) mass is 454 g/mol. The molecule has 3 aliphatic rings. The van der Waals surface area contributed by atoms with Gasteiger partial charge >= 0.3 is 0 Å². The number of hydrogen-bond acceptors (Lipinski definition) is 7. The van der Waals surface area contributed by atoms with Crippen molar-refractivity contribution in [3.05, 3.63) is 36.5 Å². The van der Waals surface area contributed by atoms with E-state index in [1.165, 1.54) is 12.4 Å². The number of halogens is 1. The quantitative estimate of drug-likeness (QED) is 0.524. The highest BCUT2D eigenvalue weighted by Gasteiger charge is 2.47. The van der Waals surface area contributed by atoms with Crippen LogP contribution in [0.1, 0.15) is 44.6 Å². The summed E-state index contributed by atoms with van der Waals surface area (Å²) in [4.78, 5) is 8.57. The predicted molar refractivity (Wildman–Crippen MR) is 119 cm³/mol. The van der Waals surface area contributed by atoms with Crippen LogP contribution in [0.4, 0.5) is 10.2 Å². The van der Waals surface area contributed by atoms with Gasteiger partial charge < -0.3 is 30.0 Å². The first-order chi connectivity index (χ1) is 15.9. The predicted octanol–water partition coefficient (Wildman–Crippen LogP) is 2.97. The molecule has 174 valence electrons. The molecule has 3 aromatic rings. The van der Waals surface area contributed by atoms with Crippen LogP contribution in [0, 0.1) is 5.82 Å². The first kappa shape index (κ1) is 20.8. The van der Waals surface area contributed by atoms with Gasteiger partial charge in [-0.05, 0) is 56.2 Å². The van der Waals surface area contributed by atoms with Gasteiger partial charge in [-0.3, -0.25) is 0 Å². The maximum Gasteiger partial charge on any atom is 0.165 e. The second-order valence-corrected chi connectivity index (χ2v) is 9.79. The largest absolute Gasteiger partial charge is 0.487 e. The van der Waals surface area contributed by atoms with Crippen molar-refractivity contribution < 1.29 is 24.1 Å². The Hall–Kier alpha value is -2.75. The summed E-state index contributed by atoms with van der Waals surface area (Å²) in [6.07, 6.45) is 8.43. The smallest absolute Gasteiger partial charge is 0.165 e. The zero-order chi connectivity index (χ0) is 22.8. The third-order valence-electron chi connectivity index (χ3n) is 7.55. The Morgan fingerprint density at radius 1 is 1.24 bits per heavy atom. The maximum atomic E-state index is 14.6. The van der Waals surface area contributed by atoms with E-state index in [1.807, 2.05) is 10.8 Å². The zero-order valence-electron chi connectivity index (χ0n) is 18.2. The molecule has 0 radical (unpaired) electrons. The standard InChI is InChI=1S/C24H27FN4O4/c25-18-2-1-14(7-19(18)32-12-24-5-3-16(33-24)4-6-24)17-10-29(15-8-23(31,9-15)11-30)22-20(17)21(26)27-13-28-22/h1-2,7,10,13,15-16,30-31H,3-6,8-9,11-12H2,(H2,26,27,28). The molecule has 4 N–H and O–H groups in total. The molecule has 2 saturated heterocycles. The van der Waals surface area contributed by atoms with Crippen LogP contribution < -0.4 is 10.5 Å². The molecule has 4 heterocycles. The van der Waals surface area contributed by atoms with Crippen LogP contribution in [0.3, 0.4) is 0 Å². The number of benzene rings is 1. The summed E-state index contributed by atoms with van der Waals surface area (Å²) in [5, 5.41) is 20.4. The topological polar surface area (TPSA) is 116 Å². The van der Waals surface area contributed by atoms with Crippen molar-refractivity contribution in [2.45, 2.75) is 61.9 Å². The first-order valence-corrected chi connectivity index (χ1v) is 11.4. The third kappa shape index (κ3) is 3.37. The minimum Gasteiger partial charge on any atom is -0.487 e. The van der Waals surface area contributed by atoms with Crippen LogP contribution in [-0.2, 0) is 4.74 Å². The molecule has 33 heavy (non-hydrogen) atoms. The van der Waals surface area contributed by atoms with Gasteiger partial charge in [0.1, 0.15) is 30.0 Å². The fraction of sp³-hybridized carbons (Fsp3) is 0.500. The van der Waals surface area contributed by atoms with E-state index in [0.29, 0.717) is 42.4 Å². The Morgan fingerprint density at radius 2 is 2.03 bits per heavy atom. The first-order valence-electron chi connectivity index (χ1n) is 11.4. The van der Waals surface area contributed by atoms with Crippen LogP contribution in [0.25, 0.3) is 22.2 Å². The molecule has 8 nitrogen and oxygen atoms in total. The van der Waals surface area contributed by atoms with E-state index < -0.39 is 11.4 Å². The Kier molecular flexibility index (Phi) is 4.66. The Bertz CT molecular complexity index is 1210. The number of fused-ring (bicyclic) bond motifs is 3. The summed E-state index contributed by atoms with van der Waals surface area (Å²) in [6, 6.07) is 4.74. The molecule has 1 aliphatic carbocycles. The average Bonchev–Trinajstić information content (AvgIpc) is 3.50. The minimum absolute atomic E-state index is 0.0298. The molecule has 2 aromatic heterocycles. The number of nitrogens with two attached hydrogens (primary N) is 1. The van der Waals surface area contributed by atoms with E-state index in [2.05, 4.69) is 9.97 Å². The van der Waals surface area contributed by atoms with Gasteiger partial charge in [-0.1, -0.05) is 6.07 Å². The van der Waals surface area contributed by atoms with Crippen molar-refractivity contribution in [1.82, 2.24) is 14.5 Å². The van der Waals surface area contributed by atoms with Crippen LogP contribution in [-0.4, -0.2) is 55.3 Å². The van der Waals surface area contributed by atoms with Gasteiger partial charge in [0, 0.05) is 17.8 Å². The molecule has 0 unspecified atom stereocenters. The van der Waals surface area contributed by atoms with Crippen molar-refractivity contribution in [2.24, 2.45) is 0 Å². The van der Waals surface area contributed by atoms with Gasteiger partial charge in [-0.15, -0.1) is 0 Å². The van der Waals surface area contributed by atoms with E-state index >= 15 is 0 Å². The highest BCUT2D eigenvalue weighted by Crippen LogP contribution is 2.46. The SMILES string of the molecule is Nc1ncnc2c1c(-c1ccc(F)c(OCC34CCC(CC3)O4)c1)cn2C1CC(O)(CO)C1. The third-order valence-corrected chi connectivity index (χ3v) is 7.55. The lowest BCUT2D eigenvalue weighted by Gasteiger charge is -2.43. The lowest BCUT2D eigenvalue weighted by atomic mass is 9.76. The molecular weight excluding hydrogens is 427 g/mol. The fourth-order valence-corrected chi connectivity index (χ4v) is 5.62. The van der Waals surface area contributed by atoms with Gasteiger partial charge in [0.05, 0.1) is 23.7 Å². The van der Waals surface area contributed by atoms with Gasteiger partial charge in [0.15, 0.2) is 11.6 Å². The molecule has 1 aromatic carbocycles. The molecule has 0 spiro atoms. The highest BCUT2D eigenvalue weighted by molar-refractivity contribution is 6.00. The Balaban J connectivity index is 1.34. The molecule has 0 amide bonds. The molecule has 6 rings (SSSR count). The number of aliphatic hydroxyl groups excluding tert-OH is 1. The van der Waals surface area contributed by atoms with Gasteiger partial charge in [-0.2, -0.15) is 0 Å². The second kappa shape index (κ2) is 7.38. The summed E-state index contributed by atoms with van der Waals surface area (Å²) < 4.78 is 28.6. The number of anilines is 1. The summed E-state index contributed by atoms with van der Waals surface area (Å²) in [7, 11) is 0. The highest BCUT2D eigenvalue weighted by atomic mass is 19.1. The number of aliphatic hydroxyl groups is 2. The maximum absolute atomic E-state index is 14.6. The van der Waals surface area contributed by atoms with E-state index in [0.717, 1.165) is 36.8 Å². The molecule has 2 aliphatic heterocycles. The van der Waals surface area contributed by atoms with Crippen molar-refractivity contribution in [1.29, 1.82) is 0 Å². The van der Waals surface area contributed by atoms with Gasteiger partial charge in [0.25, 0.3) is 0 Å². The van der Waals surface area contributed by atoms with Crippen LogP contribution in [0.15, 0.2) is 30.7 Å². The Labute approximate surface area is 190 Å². The molecule has 0 atom stereocenters. The summed E-state index contributed by atoms with van der Waals surface area (Å²) >= 11 is 0. The zero-order valence-corrected chi connectivity index (χ0v) is 18.2. The van der Waals surface area contributed by atoms with Crippen molar-refractivity contribution in [3.8, 4) is 16.9 Å². The Morgan fingerprint density at radius 3 is 2.73 bits per heavy atom. The molecule has 2 bridgehead atoms. The van der Waals surface area contributed by atoms with E-state index in [-0.39, 0.29) is 24.0 Å². The number of rotatable bonds is 6. The number of nitrogens with zero attached hydrogens (tertiary/aromatic N) is 3. The van der Waals surface area contributed by atoms with Gasteiger partial charge in [-0.25, -0.2) is 14.4 Å². The lowest BCUT2D eigenvalue weighted by Crippen LogP contribution is -2.47. The molecule has 3 fully saturated rings. The van der Waals surface area contributed by atoms with Crippen LogP contribution in [0.2, 0.25) is 0 Å². The lowest BCUT2D eigenvalue weighted by molar-refractivity contribution is -0.101. The van der Waals surface area contributed by atoms with E-state index in [1.54, 1.807) is 12.1 Å². The molecular formula is C24H27FN4O4. The van der Waals surface area contributed by atoms with Crippen LogP contribution >= 0.6 is 0 Å². The average molecular weight is 455 g/mol. The molecule has 9 heteroatoms. The molecule has 1 saturated carbocycles. The number of ether oxygens (including phenoxy) is 2. The van der Waals surface area contributed by atoms with Crippen LogP contribution in [0.5, 0.6) is 5.75 Å². The fourth-order valence-electron chi connectivity index (χ4n) is 5.62. The summed E-state index contributed by atoms with van der Waals surface area (Å²) in [5.74, 6) is 0.0747. The van der Waals surface area contributed by atoms with E-state index in [4.69, 9.17) is 15.2 Å². The van der Waals surface area contributed by atoms with Gasteiger partial charge in [0.2, 0.25) is 0 Å². The number of aromatic nitrogens is 3. The second-order valence-electron chi connectivity index (χ2n) is 9.79. The summed E-state index contributed by atoms with van der Waals surface area (Å²) in [5.41, 5.74) is 7.00. The van der Waals surface area contributed by atoms with Crippen molar-refractivity contribution >= 4 is 16.9 Å². The van der Waals surface area contributed by atoms with E-state index in [9.17, 15) is 14.6 Å². The normalized spacial score (nSPS) is 30.6. The van der Waals surface area contributed by atoms with Crippen molar-refractivity contribution in [3.63, 3.8) is 0 Å². The number of hydrogen-bond donors (Lipinski definition) is 3. The number of nitrogen functional groups attached to an aromatic ring is 1. The minimum atomic E-state index is -1.07. The summed E-state index contributed by atoms with van der Waals surface area (Å²) in [6.45, 7) is 0.0516.